The first-order valence-corrected chi connectivity index (χ1v) is 8.29. The molecule has 7 nitrogen and oxygen atoms in total. The fourth-order valence-corrected chi connectivity index (χ4v) is 2.74. The van der Waals surface area contributed by atoms with Crippen molar-refractivity contribution in [3.05, 3.63) is 77.9 Å². The van der Waals surface area contributed by atoms with Crippen LogP contribution < -0.4 is 4.74 Å². The second kappa shape index (κ2) is 8.13. The molecular weight excluding hydrogens is 372 g/mol. The Balaban J connectivity index is 1.82. The molecule has 3 rings (SSSR count). The predicted octanol–water partition coefficient (Wildman–Crippen LogP) is 2.15. The molecule has 0 saturated carbocycles. The van der Waals surface area contributed by atoms with Crippen molar-refractivity contribution < 1.29 is 28.5 Å². The van der Waals surface area contributed by atoms with Gasteiger partial charge in [-0.1, -0.05) is 18.2 Å². The zero-order valence-electron chi connectivity index (χ0n) is 14.6. The van der Waals surface area contributed by atoms with Crippen LogP contribution in [-0.4, -0.2) is 37.6 Å². The molecule has 1 atom stereocenters. The second-order valence-corrected chi connectivity index (χ2v) is 6.25. The molecule has 1 heterocycles. The Morgan fingerprint density at radius 2 is 1.93 bits per heavy atom. The molecule has 0 fully saturated rings. The van der Waals surface area contributed by atoms with Gasteiger partial charge in [0, 0.05) is 11.6 Å². The van der Waals surface area contributed by atoms with E-state index in [-0.39, 0.29) is 25.1 Å². The van der Waals surface area contributed by atoms with Crippen molar-refractivity contribution in [3.63, 3.8) is 0 Å². The number of aliphatic carboxylic acids is 1. The van der Waals surface area contributed by atoms with E-state index in [0.717, 1.165) is 12.1 Å². The average molecular weight is 389 g/mol. The third-order valence-electron chi connectivity index (χ3n) is 4.08. The smallest absolute Gasteiger partial charge is 0.307 e. The van der Waals surface area contributed by atoms with Crippen LogP contribution in [0, 0.1) is 11.6 Å². The Kier molecular flexibility index (Phi) is 5.65. The molecule has 3 aromatic rings. The highest BCUT2D eigenvalue weighted by atomic mass is 19.1. The normalized spacial score (nSPS) is 13.1. The third-order valence-corrected chi connectivity index (χ3v) is 4.08. The Hall–Kier alpha value is -3.33. The summed E-state index contributed by atoms with van der Waals surface area (Å²) in [6.07, 6.45) is 2.49. The van der Waals surface area contributed by atoms with Crippen LogP contribution in [0.5, 0.6) is 5.75 Å². The number of rotatable bonds is 8. The fraction of sp³-hybridized carbons (Fsp3) is 0.211. The van der Waals surface area contributed by atoms with Crippen LogP contribution in [0.4, 0.5) is 8.78 Å². The molecule has 0 saturated heterocycles. The molecule has 0 spiro atoms. The number of aliphatic hydroxyl groups is 1. The molecule has 1 aromatic heterocycles. The zero-order chi connectivity index (χ0) is 20.1. The highest BCUT2D eigenvalue weighted by Gasteiger charge is 2.34. The molecule has 0 radical (unpaired) electrons. The summed E-state index contributed by atoms with van der Waals surface area (Å²) in [6.45, 7) is -0.527. The summed E-state index contributed by atoms with van der Waals surface area (Å²) >= 11 is 0. The van der Waals surface area contributed by atoms with E-state index in [1.54, 1.807) is 24.3 Å². The van der Waals surface area contributed by atoms with Gasteiger partial charge in [-0.2, -0.15) is 5.10 Å². The fourth-order valence-electron chi connectivity index (χ4n) is 2.74. The van der Waals surface area contributed by atoms with Crippen LogP contribution in [0.2, 0.25) is 0 Å². The van der Waals surface area contributed by atoms with Gasteiger partial charge < -0.3 is 14.9 Å². The summed E-state index contributed by atoms with van der Waals surface area (Å²) in [4.78, 5) is 14.5. The van der Waals surface area contributed by atoms with Crippen molar-refractivity contribution in [3.8, 4) is 5.75 Å². The van der Waals surface area contributed by atoms with Crippen molar-refractivity contribution in [2.24, 2.45) is 0 Å². The van der Waals surface area contributed by atoms with Gasteiger partial charge in [0.05, 0.1) is 13.0 Å². The third kappa shape index (κ3) is 4.68. The van der Waals surface area contributed by atoms with Gasteiger partial charge in [0.1, 0.15) is 42.2 Å². The number of carboxylic acids is 1. The summed E-state index contributed by atoms with van der Waals surface area (Å²) in [6, 6.07) is 9.15. The van der Waals surface area contributed by atoms with E-state index >= 15 is 0 Å². The number of halogens is 2. The predicted molar refractivity (Wildman–Crippen MR) is 93.6 cm³/mol. The number of aromatic nitrogens is 3. The maximum absolute atomic E-state index is 14.3. The van der Waals surface area contributed by atoms with E-state index in [9.17, 15) is 18.7 Å². The van der Waals surface area contributed by atoms with E-state index in [4.69, 9.17) is 9.84 Å². The van der Waals surface area contributed by atoms with Crippen LogP contribution in [0.1, 0.15) is 11.1 Å². The zero-order valence-corrected chi connectivity index (χ0v) is 14.6. The van der Waals surface area contributed by atoms with Crippen molar-refractivity contribution >= 4 is 5.97 Å². The van der Waals surface area contributed by atoms with Gasteiger partial charge in [0.25, 0.3) is 0 Å². The largest absolute Gasteiger partial charge is 0.490 e. The van der Waals surface area contributed by atoms with Crippen LogP contribution >= 0.6 is 0 Å². The lowest BCUT2D eigenvalue weighted by atomic mass is 9.94. The van der Waals surface area contributed by atoms with Gasteiger partial charge in [-0.15, -0.1) is 0 Å². The lowest BCUT2D eigenvalue weighted by Crippen LogP contribution is -2.39. The van der Waals surface area contributed by atoms with E-state index in [0.29, 0.717) is 17.4 Å². The number of hydrogen-bond donors (Lipinski definition) is 2. The molecule has 2 N–H and O–H groups in total. The minimum Gasteiger partial charge on any atom is -0.490 e. The van der Waals surface area contributed by atoms with E-state index in [1.807, 2.05) is 0 Å². The minimum absolute atomic E-state index is 0.128. The molecule has 1 unspecified atom stereocenters. The van der Waals surface area contributed by atoms with Crippen molar-refractivity contribution in [2.75, 3.05) is 6.61 Å². The molecule has 0 amide bonds. The highest BCUT2D eigenvalue weighted by molar-refractivity contribution is 5.70. The number of carbonyl (C=O) groups is 1. The van der Waals surface area contributed by atoms with E-state index in [1.165, 1.54) is 17.3 Å². The molecule has 0 aliphatic heterocycles. The maximum Gasteiger partial charge on any atom is 0.307 e. The molecule has 0 aliphatic rings. The molecule has 0 bridgehead atoms. The monoisotopic (exact) mass is 389 g/mol. The number of carboxylic acid groups (broad SMARTS) is 1. The molecule has 28 heavy (non-hydrogen) atoms. The molecule has 9 heteroatoms. The summed E-state index contributed by atoms with van der Waals surface area (Å²) in [5.41, 5.74) is -1.42. The first-order chi connectivity index (χ1) is 13.4. The van der Waals surface area contributed by atoms with Gasteiger partial charge in [0.2, 0.25) is 0 Å². The van der Waals surface area contributed by atoms with Gasteiger partial charge >= 0.3 is 5.97 Å². The molecule has 146 valence electrons. The quantitative estimate of drug-likeness (QED) is 0.613. The first-order valence-electron chi connectivity index (χ1n) is 8.29. The van der Waals surface area contributed by atoms with Crippen molar-refractivity contribution in [1.82, 2.24) is 14.8 Å². The van der Waals surface area contributed by atoms with Gasteiger partial charge in [-0.25, -0.2) is 18.4 Å². The van der Waals surface area contributed by atoms with Crippen LogP contribution in [0.3, 0.4) is 0 Å². The molecular formula is C19H17F2N3O4. The maximum atomic E-state index is 14.3. The first kappa shape index (κ1) is 19.4. The second-order valence-electron chi connectivity index (χ2n) is 6.25. The minimum atomic E-state index is -1.86. The number of hydrogen-bond acceptors (Lipinski definition) is 5. The topological polar surface area (TPSA) is 97.5 Å². The SMILES string of the molecule is O=C(O)Cc1ccc(OCC(O)(Cn2cncn2)c2ccc(F)cc2F)cc1. The highest BCUT2D eigenvalue weighted by Crippen LogP contribution is 2.28. The summed E-state index contributed by atoms with van der Waals surface area (Å²) in [5.74, 6) is -2.28. The lowest BCUT2D eigenvalue weighted by molar-refractivity contribution is -0.136. The number of nitrogens with zero attached hydrogens (tertiary/aromatic N) is 3. The van der Waals surface area contributed by atoms with Gasteiger partial charge in [-0.3, -0.25) is 4.79 Å². The van der Waals surface area contributed by atoms with Crippen molar-refractivity contribution in [1.29, 1.82) is 0 Å². The van der Waals surface area contributed by atoms with Crippen molar-refractivity contribution in [2.45, 2.75) is 18.6 Å². The van der Waals surface area contributed by atoms with Gasteiger partial charge in [-0.05, 0) is 23.8 Å². The molecule has 2 aromatic carbocycles. The average Bonchev–Trinajstić information content (AvgIpc) is 3.13. The Morgan fingerprint density at radius 1 is 1.18 bits per heavy atom. The Morgan fingerprint density at radius 3 is 2.54 bits per heavy atom. The van der Waals surface area contributed by atoms with E-state index < -0.39 is 23.2 Å². The molecule has 0 aliphatic carbocycles. The standard InChI is InChI=1S/C19H17F2N3O4/c20-14-3-6-16(17(21)8-14)19(27,9-24-12-22-11-23-24)10-28-15-4-1-13(2-5-15)7-18(25)26/h1-6,8,11-12,27H,7,9-10H2,(H,25,26). The van der Waals surface area contributed by atoms with Gasteiger partial charge in [0.15, 0.2) is 0 Å². The Bertz CT molecular complexity index is 948. The summed E-state index contributed by atoms with van der Waals surface area (Å²) in [7, 11) is 0. The van der Waals surface area contributed by atoms with E-state index in [2.05, 4.69) is 10.1 Å². The Labute approximate surface area is 158 Å². The summed E-state index contributed by atoms with van der Waals surface area (Å²) < 4.78 is 34.5. The van der Waals surface area contributed by atoms with Crippen LogP contribution in [0.15, 0.2) is 55.1 Å². The lowest BCUT2D eigenvalue weighted by Gasteiger charge is -2.29. The number of ether oxygens (including phenoxy) is 1. The van der Waals surface area contributed by atoms with Crippen LogP contribution in [0.25, 0.3) is 0 Å². The number of benzene rings is 2. The van der Waals surface area contributed by atoms with Crippen LogP contribution in [-0.2, 0) is 23.4 Å². The summed E-state index contributed by atoms with van der Waals surface area (Å²) in [5, 5.41) is 23.8.